The van der Waals surface area contributed by atoms with Crippen molar-refractivity contribution in [2.45, 2.75) is 6.10 Å². The fourth-order valence-corrected chi connectivity index (χ4v) is 1.46. The number of aliphatic hydroxyl groups excluding tert-OH is 1. The molecule has 2 amide bonds. The normalized spacial score (nSPS) is 11.8. The van der Waals surface area contributed by atoms with E-state index < -0.39 is 18.1 Å². The number of nitrogens with zero attached hydrogens (tertiary/aromatic N) is 2. The first-order chi connectivity index (χ1) is 9.43. The first-order valence-electron chi connectivity index (χ1n) is 5.82. The summed E-state index contributed by atoms with van der Waals surface area (Å²) >= 11 is 0. The number of carbonyl (C=O) groups excluding carboxylic acids is 1. The Kier molecular flexibility index (Phi) is 5.88. The number of anilines is 1. The first-order valence-corrected chi connectivity index (χ1v) is 5.82. The molecule has 1 heterocycles. The molecule has 8 nitrogen and oxygen atoms in total. The third kappa shape index (κ3) is 4.82. The highest BCUT2D eigenvalue weighted by Gasteiger charge is 2.14. The van der Waals surface area contributed by atoms with Gasteiger partial charge in [0.25, 0.3) is 0 Å². The lowest BCUT2D eigenvalue weighted by molar-refractivity contribution is 0.0501. The Hall–Kier alpha value is -2.19. The monoisotopic (exact) mass is 283 g/mol. The van der Waals surface area contributed by atoms with Gasteiger partial charge in [0.1, 0.15) is 5.69 Å². The maximum absolute atomic E-state index is 11.8. The van der Waals surface area contributed by atoms with E-state index in [0.717, 1.165) is 0 Å². The summed E-state index contributed by atoms with van der Waals surface area (Å²) in [5, 5.41) is 20.7. The minimum atomic E-state index is -1.14. The van der Waals surface area contributed by atoms with Gasteiger partial charge in [0.05, 0.1) is 31.1 Å². The highest BCUT2D eigenvalue weighted by molar-refractivity contribution is 5.90. The van der Waals surface area contributed by atoms with E-state index in [1.807, 2.05) is 0 Å². The lowest BCUT2D eigenvalue weighted by Crippen LogP contribution is -2.38. The highest BCUT2D eigenvalue weighted by atomic mass is 16.5. The number of pyridine rings is 1. The van der Waals surface area contributed by atoms with Gasteiger partial charge in [0, 0.05) is 14.2 Å². The SMILES string of the molecule is COCC(O)CN(C)C(=O)Nc1ccc(C(=O)O)nc1. The number of hydrogen-bond acceptors (Lipinski definition) is 5. The highest BCUT2D eigenvalue weighted by Crippen LogP contribution is 2.07. The fraction of sp³-hybridized carbons (Fsp3) is 0.417. The van der Waals surface area contributed by atoms with Gasteiger partial charge in [-0.3, -0.25) is 0 Å². The molecule has 1 rings (SSSR count). The Morgan fingerprint density at radius 1 is 1.50 bits per heavy atom. The zero-order valence-electron chi connectivity index (χ0n) is 11.2. The second-order valence-corrected chi connectivity index (χ2v) is 4.16. The van der Waals surface area contributed by atoms with E-state index >= 15 is 0 Å². The quantitative estimate of drug-likeness (QED) is 0.690. The zero-order chi connectivity index (χ0) is 15.1. The second-order valence-electron chi connectivity index (χ2n) is 4.16. The van der Waals surface area contributed by atoms with Crippen molar-refractivity contribution in [2.75, 3.05) is 32.6 Å². The van der Waals surface area contributed by atoms with Crippen LogP contribution in [0.2, 0.25) is 0 Å². The van der Waals surface area contributed by atoms with Crippen molar-refractivity contribution in [2.24, 2.45) is 0 Å². The van der Waals surface area contributed by atoms with Gasteiger partial charge in [-0.05, 0) is 12.1 Å². The number of amides is 2. The van der Waals surface area contributed by atoms with Crippen LogP contribution >= 0.6 is 0 Å². The van der Waals surface area contributed by atoms with Crippen molar-refractivity contribution < 1.29 is 24.5 Å². The Morgan fingerprint density at radius 3 is 2.70 bits per heavy atom. The molecule has 0 spiro atoms. The van der Waals surface area contributed by atoms with Crippen molar-refractivity contribution in [1.82, 2.24) is 9.88 Å². The minimum Gasteiger partial charge on any atom is -0.477 e. The summed E-state index contributed by atoms with van der Waals surface area (Å²) in [6, 6.07) is 2.29. The topological polar surface area (TPSA) is 112 Å². The van der Waals surface area contributed by atoms with Gasteiger partial charge in [0.15, 0.2) is 0 Å². The second kappa shape index (κ2) is 7.41. The molecule has 0 fully saturated rings. The third-order valence-corrected chi connectivity index (χ3v) is 2.42. The van der Waals surface area contributed by atoms with E-state index in [2.05, 4.69) is 10.3 Å². The largest absolute Gasteiger partial charge is 0.477 e. The van der Waals surface area contributed by atoms with Gasteiger partial charge < -0.3 is 25.2 Å². The molecule has 8 heteroatoms. The minimum absolute atomic E-state index is 0.105. The number of rotatable bonds is 6. The van der Waals surface area contributed by atoms with Crippen molar-refractivity contribution in [3.05, 3.63) is 24.0 Å². The van der Waals surface area contributed by atoms with Gasteiger partial charge in [-0.15, -0.1) is 0 Å². The van der Waals surface area contributed by atoms with E-state index in [0.29, 0.717) is 5.69 Å². The number of aromatic carboxylic acids is 1. The number of aromatic nitrogens is 1. The summed E-state index contributed by atoms with van der Waals surface area (Å²) in [6.45, 7) is 0.243. The van der Waals surface area contributed by atoms with Gasteiger partial charge in [0.2, 0.25) is 0 Å². The molecule has 0 saturated heterocycles. The summed E-state index contributed by atoms with van der Waals surface area (Å²) in [4.78, 5) is 27.4. The predicted octanol–water partition coefficient (Wildman–Crippen LogP) is 0.251. The van der Waals surface area contributed by atoms with Crippen LogP contribution in [0.25, 0.3) is 0 Å². The molecule has 0 aromatic carbocycles. The number of hydrogen-bond donors (Lipinski definition) is 3. The lowest BCUT2D eigenvalue weighted by Gasteiger charge is -2.20. The number of carbonyl (C=O) groups is 2. The predicted molar refractivity (Wildman–Crippen MR) is 70.7 cm³/mol. The molecule has 110 valence electrons. The Labute approximate surface area is 116 Å². The maximum atomic E-state index is 11.8. The van der Waals surface area contributed by atoms with E-state index in [1.165, 1.54) is 37.4 Å². The lowest BCUT2D eigenvalue weighted by atomic mass is 10.3. The average Bonchev–Trinajstić information content (AvgIpc) is 2.39. The summed E-state index contributed by atoms with van der Waals surface area (Å²) in [7, 11) is 2.98. The summed E-state index contributed by atoms with van der Waals surface area (Å²) in [5.74, 6) is -1.14. The Balaban J connectivity index is 2.54. The van der Waals surface area contributed by atoms with Crippen molar-refractivity contribution in [3.63, 3.8) is 0 Å². The van der Waals surface area contributed by atoms with Crippen LogP contribution in [0.15, 0.2) is 18.3 Å². The van der Waals surface area contributed by atoms with Gasteiger partial charge >= 0.3 is 12.0 Å². The number of carboxylic acids is 1. The maximum Gasteiger partial charge on any atom is 0.354 e. The van der Waals surface area contributed by atoms with Crippen LogP contribution in [0, 0.1) is 0 Å². The van der Waals surface area contributed by atoms with E-state index in [4.69, 9.17) is 9.84 Å². The molecule has 0 aliphatic carbocycles. The van der Waals surface area contributed by atoms with Crippen LogP contribution < -0.4 is 5.32 Å². The van der Waals surface area contributed by atoms with Gasteiger partial charge in [-0.2, -0.15) is 0 Å². The molecule has 0 bridgehead atoms. The number of likely N-dealkylation sites (N-methyl/N-ethyl adjacent to an activating group) is 1. The molecule has 1 aromatic heterocycles. The summed E-state index contributed by atoms with van der Waals surface area (Å²) in [6.07, 6.45) is 0.476. The number of carboxylic acid groups (broad SMARTS) is 1. The molecule has 20 heavy (non-hydrogen) atoms. The zero-order valence-corrected chi connectivity index (χ0v) is 11.2. The van der Waals surface area contributed by atoms with Gasteiger partial charge in [-0.25, -0.2) is 14.6 Å². The Morgan fingerprint density at radius 2 is 2.20 bits per heavy atom. The van der Waals surface area contributed by atoms with E-state index in [-0.39, 0.29) is 18.8 Å². The van der Waals surface area contributed by atoms with Gasteiger partial charge in [-0.1, -0.05) is 0 Å². The summed E-state index contributed by atoms with van der Waals surface area (Å²) < 4.78 is 4.76. The van der Waals surface area contributed by atoms with Crippen molar-refractivity contribution in [3.8, 4) is 0 Å². The molecular weight excluding hydrogens is 266 g/mol. The Bertz CT molecular complexity index is 463. The number of nitrogens with one attached hydrogen (secondary N) is 1. The van der Waals surface area contributed by atoms with Crippen LogP contribution in [0.1, 0.15) is 10.5 Å². The third-order valence-electron chi connectivity index (χ3n) is 2.42. The van der Waals surface area contributed by atoms with E-state index in [1.54, 1.807) is 0 Å². The molecule has 0 radical (unpaired) electrons. The van der Waals surface area contributed by atoms with Crippen molar-refractivity contribution >= 4 is 17.7 Å². The molecule has 1 atom stereocenters. The smallest absolute Gasteiger partial charge is 0.354 e. The first kappa shape index (κ1) is 15.9. The van der Waals surface area contributed by atoms with Crippen LogP contribution in [0.5, 0.6) is 0 Å². The molecule has 0 saturated carbocycles. The average molecular weight is 283 g/mol. The number of ether oxygens (including phenoxy) is 1. The molecular formula is C12H17N3O5. The van der Waals surface area contributed by atoms with Crippen LogP contribution in [-0.4, -0.2) is 65.5 Å². The molecule has 0 aliphatic rings. The number of urea groups is 1. The standard InChI is InChI=1S/C12H17N3O5/c1-15(6-9(16)7-20-2)12(19)14-8-3-4-10(11(17)18)13-5-8/h3-5,9,16H,6-7H2,1-2H3,(H,14,19)(H,17,18). The summed E-state index contributed by atoms with van der Waals surface area (Å²) in [5.41, 5.74) is 0.264. The van der Waals surface area contributed by atoms with Crippen LogP contribution in [-0.2, 0) is 4.74 Å². The van der Waals surface area contributed by atoms with Crippen LogP contribution in [0.4, 0.5) is 10.5 Å². The molecule has 1 unspecified atom stereocenters. The van der Waals surface area contributed by atoms with Crippen LogP contribution in [0.3, 0.4) is 0 Å². The number of methoxy groups -OCH3 is 1. The molecule has 3 N–H and O–H groups in total. The molecule has 0 aliphatic heterocycles. The number of aliphatic hydroxyl groups is 1. The van der Waals surface area contributed by atoms with Crippen molar-refractivity contribution in [1.29, 1.82) is 0 Å². The van der Waals surface area contributed by atoms with E-state index in [9.17, 15) is 14.7 Å². The molecule has 1 aromatic rings. The fourth-order valence-electron chi connectivity index (χ4n) is 1.46.